The molecule has 1 amide bonds. The average Bonchev–Trinajstić information content (AvgIpc) is 2.73. The van der Waals surface area contributed by atoms with Gasteiger partial charge in [-0.2, -0.15) is 0 Å². The van der Waals surface area contributed by atoms with Gasteiger partial charge in [-0.15, -0.1) is 0 Å². The van der Waals surface area contributed by atoms with Gasteiger partial charge in [-0.05, 0) is 42.3 Å². The van der Waals surface area contributed by atoms with Crippen LogP contribution in [0.1, 0.15) is 21.5 Å². The first kappa shape index (κ1) is 21.2. The Balaban J connectivity index is 1.78. The number of sulfonamides is 1. The number of aryl methyl sites for hydroxylation is 1. The van der Waals surface area contributed by atoms with Crippen LogP contribution in [-0.2, 0) is 16.6 Å². The molecule has 0 spiro atoms. The van der Waals surface area contributed by atoms with Gasteiger partial charge in [0.05, 0.1) is 9.82 Å². The van der Waals surface area contributed by atoms with Crippen molar-refractivity contribution < 1.29 is 18.1 Å². The summed E-state index contributed by atoms with van der Waals surface area (Å²) in [5.74, 6) is -0.525. The maximum absolute atomic E-state index is 12.8. The topological polar surface area (TPSA) is 118 Å². The van der Waals surface area contributed by atoms with Crippen molar-refractivity contribution in [2.45, 2.75) is 18.4 Å². The summed E-state index contributed by atoms with van der Waals surface area (Å²) < 4.78 is 28.0. The maximum Gasteiger partial charge on any atom is 0.269 e. The average molecular weight is 425 g/mol. The maximum atomic E-state index is 12.8. The molecule has 0 fully saturated rings. The number of hydrogen-bond acceptors (Lipinski definition) is 5. The van der Waals surface area contributed by atoms with Crippen LogP contribution in [0.5, 0.6) is 0 Å². The Morgan fingerprint density at radius 2 is 1.67 bits per heavy atom. The molecule has 0 saturated carbocycles. The van der Waals surface area contributed by atoms with E-state index in [4.69, 9.17) is 0 Å². The van der Waals surface area contributed by atoms with E-state index in [1.54, 1.807) is 13.0 Å². The molecule has 2 N–H and O–H groups in total. The number of amides is 1. The second-order valence-electron chi connectivity index (χ2n) is 6.55. The van der Waals surface area contributed by atoms with Gasteiger partial charge in [0.1, 0.15) is 0 Å². The van der Waals surface area contributed by atoms with E-state index in [1.807, 2.05) is 30.3 Å². The third kappa shape index (κ3) is 5.07. The Kier molecular flexibility index (Phi) is 6.24. The number of nitro benzene ring substituents is 1. The van der Waals surface area contributed by atoms with E-state index in [9.17, 15) is 23.3 Å². The van der Waals surface area contributed by atoms with Gasteiger partial charge in [0.15, 0.2) is 0 Å². The third-order valence-electron chi connectivity index (χ3n) is 4.38. The molecule has 0 aliphatic heterocycles. The molecule has 8 nitrogen and oxygen atoms in total. The molecule has 0 atom stereocenters. The Hall–Kier alpha value is -3.56. The molecule has 3 rings (SSSR count). The van der Waals surface area contributed by atoms with Crippen molar-refractivity contribution >= 4 is 27.3 Å². The second kappa shape index (κ2) is 8.85. The van der Waals surface area contributed by atoms with E-state index in [0.717, 1.165) is 5.56 Å². The lowest BCUT2D eigenvalue weighted by molar-refractivity contribution is -0.384. The van der Waals surface area contributed by atoms with E-state index in [1.165, 1.54) is 36.4 Å². The van der Waals surface area contributed by atoms with Gasteiger partial charge >= 0.3 is 0 Å². The molecule has 0 aromatic heterocycles. The smallest absolute Gasteiger partial charge is 0.269 e. The zero-order chi connectivity index (χ0) is 21.7. The molecule has 0 bridgehead atoms. The van der Waals surface area contributed by atoms with Gasteiger partial charge < -0.3 is 5.32 Å². The van der Waals surface area contributed by atoms with E-state index in [0.29, 0.717) is 11.3 Å². The fraction of sp³-hybridized carbons (Fsp3) is 0.0952. The number of nitro groups is 1. The normalized spacial score (nSPS) is 11.1. The van der Waals surface area contributed by atoms with Crippen molar-refractivity contribution in [1.29, 1.82) is 0 Å². The van der Waals surface area contributed by atoms with Gasteiger partial charge in [0, 0.05) is 29.9 Å². The van der Waals surface area contributed by atoms with Crippen molar-refractivity contribution in [3.05, 3.63) is 99.6 Å². The summed E-state index contributed by atoms with van der Waals surface area (Å²) in [6.07, 6.45) is 0. The zero-order valence-electron chi connectivity index (χ0n) is 16.0. The van der Waals surface area contributed by atoms with Crippen molar-refractivity contribution in [2.75, 3.05) is 5.32 Å². The van der Waals surface area contributed by atoms with Crippen LogP contribution >= 0.6 is 0 Å². The van der Waals surface area contributed by atoms with Gasteiger partial charge in [0.2, 0.25) is 10.0 Å². The molecule has 3 aromatic carbocycles. The van der Waals surface area contributed by atoms with Crippen molar-refractivity contribution in [3.63, 3.8) is 0 Å². The Labute approximate surface area is 173 Å². The molecule has 0 aliphatic rings. The Morgan fingerprint density at radius 3 is 2.30 bits per heavy atom. The summed E-state index contributed by atoms with van der Waals surface area (Å²) in [5.41, 5.74) is 1.73. The second-order valence-corrected chi connectivity index (χ2v) is 8.28. The monoisotopic (exact) mass is 425 g/mol. The molecule has 0 unspecified atom stereocenters. The lowest BCUT2D eigenvalue weighted by Crippen LogP contribution is -2.24. The Morgan fingerprint density at radius 1 is 1.00 bits per heavy atom. The van der Waals surface area contributed by atoms with Crippen molar-refractivity contribution in [2.24, 2.45) is 0 Å². The summed E-state index contributed by atoms with van der Waals surface area (Å²) in [7, 11) is -3.84. The molecule has 30 heavy (non-hydrogen) atoms. The van der Waals surface area contributed by atoms with Gasteiger partial charge in [-0.3, -0.25) is 14.9 Å². The molecule has 0 saturated heterocycles. The van der Waals surface area contributed by atoms with Crippen LogP contribution < -0.4 is 10.0 Å². The molecule has 0 radical (unpaired) electrons. The minimum Gasteiger partial charge on any atom is -0.322 e. The van der Waals surface area contributed by atoms with Crippen molar-refractivity contribution in [1.82, 2.24) is 4.72 Å². The highest BCUT2D eigenvalue weighted by Crippen LogP contribution is 2.20. The minimum atomic E-state index is -3.84. The number of hydrogen-bond donors (Lipinski definition) is 2. The molecule has 3 aromatic rings. The first-order chi connectivity index (χ1) is 14.3. The number of carbonyl (C=O) groups excluding carboxylic acids is 1. The molecule has 9 heteroatoms. The molecule has 0 aliphatic carbocycles. The standard InChI is InChI=1S/C21H19N3O5S/c1-15-7-8-17(21(25)23-18-9-11-19(12-10-18)24(26)27)13-20(15)30(28,29)22-14-16-5-3-2-4-6-16/h2-13,22H,14H2,1H3,(H,23,25). The fourth-order valence-electron chi connectivity index (χ4n) is 2.75. The number of carbonyl (C=O) groups is 1. The third-order valence-corrected chi connectivity index (χ3v) is 5.93. The van der Waals surface area contributed by atoms with Gasteiger partial charge in [0.25, 0.3) is 11.6 Å². The van der Waals surface area contributed by atoms with Crippen LogP contribution in [0.25, 0.3) is 0 Å². The number of benzene rings is 3. The number of non-ortho nitro benzene ring substituents is 1. The summed E-state index contributed by atoms with van der Waals surface area (Å²) in [5, 5.41) is 13.3. The minimum absolute atomic E-state index is 0.00906. The lowest BCUT2D eigenvalue weighted by atomic mass is 10.1. The van der Waals surface area contributed by atoms with Crippen LogP contribution in [0.4, 0.5) is 11.4 Å². The molecular weight excluding hydrogens is 406 g/mol. The van der Waals surface area contributed by atoms with E-state index < -0.39 is 20.9 Å². The van der Waals surface area contributed by atoms with Crippen LogP contribution in [0.2, 0.25) is 0 Å². The van der Waals surface area contributed by atoms with Gasteiger partial charge in [-0.1, -0.05) is 36.4 Å². The van der Waals surface area contributed by atoms with Crippen molar-refractivity contribution in [3.8, 4) is 0 Å². The quantitative estimate of drug-likeness (QED) is 0.443. The summed E-state index contributed by atoms with van der Waals surface area (Å²) >= 11 is 0. The zero-order valence-corrected chi connectivity index (χ0v) is 16.8. The number of rotatable bonds is 7. The highest BCUT2D eigenvalue weighted by atomic mass is 32.2. The predicted molar refractivity (Wildman–Crippen MR) is 113 cm³/mol. The number of nitrogens with one attached hydrogen (secondary N) is 2. The summed E-state index contributed by atoms with van der Waals surface area (Å²) in [6.45, 7) is 1.77. The first-order valence-electron chi connectivity index (χ1n) is 8.96. The van der Waals surface area contributed by atoms with Crippen LogP contribution in [0.15, 0.2) is 77.7 Å². The van der Waals surface area contributed by atoms with Crippen LogP contribution in [0, 0.1) is 17.0 Å². The molecule has 0 heterocycles. The van der Waals surface area contributed by atoms with E-state index in [-0.39, 0.29) is 22.7 Å². The van der Waals surface area contributed by atoms with Gasteiger partial charge in [-0.25, -0.2) is 13.1 Å². The predicted octanol–water partition coefficient (Wildman–Crippen LogP) is 3.63. The highest BCUT2D eigenvalue weighted by Gasteiger charge is 2.19. The van der Waals surface area contributed by atoms with E-state index in [2.05, 4.69) is 10.0 Å². The molecule has 154 valence electrons. The molecular formula is C21H19N3O5S. The number of anilines is 1. The highest BCUT2D eigenvalue weighted by molar-refractivity contribution is 7.89. The fourth-order valence-corrected chi connectivity index (χ4v) is 4.04. The number of nitrogens with zero attached hydrogens (tertiary/aromatic N) is 1. The first-order valence-corrected chi connectivity index (χ1v) is 10.4. The van der Waals surface area contributed by atoms with Crippen LogP contribution in [-0.4, -0.2) is 19.2 Å². The SMILES string of the molecule is Cc1ccc(C(=O)Nc2ccc([N+](=O)[O-])cc2)cc1S(=O)(=O)NCc1ccccc1. The van der Waals surface area contributed by atoms with E-state index >= 15 is 0 Å². The largest absolute Gasteiger partial charge is 0.322 e. The summed E-state index contributed by atoms with van der Waals surface area (Å²) in [4.78, 5) is 22.7. The van der Waals surface area contributed by atoms with Crippen LogP contribution in [0.3, 0.4) is 0 Å². The lowest BCUT2D eigenvalue weighted by Gasteiger charge is -2.12. The Bertz CT molecular complexity index is 1180. The summed E-state index contributed by atoms with van der Waals surface area (Å²) in [6, 6.07) is 18.8.